The Hall–Kier alpha value is -1.13. The molecule has 1 N–H and O–H groups in total. The average molecular weight is 245 g/mol. The van der Waals surface area contributed by atoms with Crippen LogP contribution in [0.2, 0.25) is 0 Å². The molecule has 1 rings (SSSR count). The maximum atomic E-state index is 10.5. The second-order valence-electron chi connectivity index (χ2n) is 4.53. The Labute approximate surface area is 102 Å². The summed E-state index contributed by atoms with van der Waals surface area (Å²) >= 11 is 0. The van der Waals surface area contributed by atoms with Crippen molar-refractivity contribution in [3.05, 3.63) is 39.9 Å². The number of nitro benzene ring substituents is 1. The van der Waals surface area contributed by atoms with E-state index in [2.05, 4.69) is 26.1 Å². The van der Waals surface area contributed by atoms with Crippen LogP contribution in [-0.2, 0) is 6.54 Å². The minimum absolute atomic E-state index is 0. The Morgan fingerprint density at radius 2 is 2.00 bits per heavy atom. The molecule has 0 saturated heterocycles. The molecular weight excluding hydrogens is 228 g/mol. The fourth-order valence-corrected chi connectivity index (χ4v) is 1.15. The second-order valence-corrected chi connectivity index (χ2v) is 4.53. The molecule has 16 heavy (non-hydrogen) atoms. The van der Waals surface area contributed by atoms with Crippen LogP contribution in [0.15, 0.2) is 24.3 Å². The monoisotopic (exact) mass is 244 g/mol. The fraction of sp³-hybridized carbons (Fsp3) is 0.455. The number of hydrogen-bond donors (Lipinski definition) is 1. The summed E-state index contributed by atoms with van der Waals surface area (Å²) in [6.07, 6.45) is 0. The van der Waals surface area contributed by atoms with Gasteiger partial charge in [-0.05, 0) is 26.3 Å². The van der Waals surface area contributed by atoms with Crippen molar-refractivity contribution >= 4 is 18.1 Å². The highest BCUT2D eigenvalue weighted by atomic mass is 35.5. The van der Waals surface area contributed by atoms with Crippen molar-refractivity contribution in [2.45, 2.75) is 32.9 Å². The smallest absolute Gasteiger partial charge is 0.269 e. The van der Waals surface area contributed by atoms with Crippen LogP contribution in [0.3, 0.4) is 0 Å². The number of nitrogens with one attached hydrogen (secondary N) is 1. The van der Waals surface area contributed by atoms with E-state index in [1.807, 2.05) is 6.07 Å². The number of non-ortho nitro benzene ring substituents is 1. The molecule has 0 spiro atoms. The number of halogens is 1. The lowest BCUT2D eigenvalue weighted by atomic mass is 10.1. The largest absolute Gasteiger partial charge is 0.308 e. The second kappa shape index (κ2) is 5.82. The van der Waals surface area contributed by atoms with Gasteiger partial charge < -0.3 is 5.32 Å². The van der Waals surface area contributed by atoms with Gasteiger partial charge in [-0.3, -0.25) is 10.1 Å². The highest BCUT2D eigenvalue weighted by Gasteiger charge is 2.10. The van der Waals surface area contributed by atoms with Crippen LogP contribution in [-0.4, -0.2) is 10.5 Å². The average Bonchev–Trinajstić information content (AvgIpc) is 2.14. The van der Waals surface area contributed by atoms with Gasteiger partial charge >= 0.3 is 0 Å². The maximum absolute atomic E-state index is 10.5. The van der Waals surface area contributed by atoms with Crippen LogP contribution >= 0.6 is 12.4 Å². The van der Waals surface area contributed by atoms with E-state index in [1.54, 1.807) is 12.1 Å². The van der Waals surface area contributed by atoms with E-state index >= 15 is 0 Å². The van der Waals surface area contributed by atoms with Crippen molar-refractivity contribution in [2.24, 2.45) is 0 Å². The normalized spacial score (nSPS) is 10.7. The summed E-state index contributed by atoms with van der Waals surface area (Å²) in [5.41, 5.74) is 1.09. The third-order valence-corrected chi connectivity index (χ3v) is 1.94. The van der Waals surface area contributed by atoms with E-state index in [1.165, 1.54) is 6.07 Å². The molecule has 0 aliphatic heterocycles. The molecule has 5 heteroatoms. The first-order chi connectivity index (χ1) is 6.88. The van der Waals surface area contributed by atoms with Gasteiger partial charge in [-0.15, -0.1) is 12.4 Å². The van der Waals surface area contributed by atoms with Crippen LogP contribution in [0.25, 0.3) is 0 Å². The van der Waals surface area contributed by atoms with E-state index in [0.717, 1.165) is 5.56 Å². The molecule has 0 radical (unpaired) electrons. The third-order valence-electron chi connectivity index (χ3n) is 1.94. The third kappa shape index (κ3) is 5.09. The molecular formula is C11H17ClN2O2. The van der Waals surface area contributed by atoms with Crippen molar-refractivity contribution in [1.29, 1.82) is 0 Å². The van der Waals surface area contributed by atoms with Gasteiger partial charge in [-0.2, -0.15) is 0 Å². The van der Waals surface area contributed by atoms with Gasteiger partial charge in [0.15, 0.2) is 0 Å². The molecule has 0 aliphatic carbocycles. The van der Waals surface area contributed by atoms with Crippen LogP contribution in [0, 0.1) is 10.1 Å². The number of hydrogen-bond acceptors (Lipinski definition) is 3. The molecule has 0 saturated carbocycles. The van der Waals surface area contributed by atoms with E-state index in [0.29, 0.717) is 6.54 Å². The molecule has 0 amide bonds. The maximum Gasteiger partial charge on any atom is 0.269 e. The summed E-state index contributed by atoms with van der Waals surface area (Å²) in [7, 11) is 0. The molecule has 0 heterocycles. The molecule has 0 unspecified atom stereocenters. The Balaban J connectivity index is 0.00000225. The van der Waals surface area contributed by atoms with Crippen molar-refractivity contribution in [3.63, 3.8) is 0 Å². The van der Waals surface area contributed by atoms with Crippen LogP contribution in [0.4, 0.5) is 5.69 Å². The SMILES string of the molecule is CC(C)(C)NCc1cccc([N+](=O)[O-])c1.Cl. The minimum atomic E-state index is -0.374. The molecule has 0 aliphatic rings. The van der Waals surface area contributed by atoms with E-state index in [4.69, 9.17) is 0 Å². The molecule has 1 aromatic rings. The zero-order chi connectivity index (χ0) is 11.5. The Morgan fingerprint density at radius 1 is 1.38 bits per heavy atom. The van der Waals surface area contributed by atoms with Gasteiger partial charge in [0.05, 0.1) is 4.92 Å². The van der Waals surface area contributed by atoms with Crippen molar-refractivity contribution in [1.82, 2.24) is 5.32 Å². The van der Waals surface area contributed by atoms with Gasteiger partial charge in [-0.1, -0.05) is 12.1 Å². The zero-order valence-corrected chi connectivity index (χ0v) is 10.5. The van der Waals surface area contributed by atoms with E-state index < -0.39 is 0 Å². The lowest BCUT2D eigenvalue weighted by molar-refractivity contribution is -0.384. The summed E-state index contributed by atoms with van der Waals surface area (Å²) in [5, 5.41) is 13.8. The van der Waals surface area contributed by atoms with Gasteiger partial charge in [-0.25, -0.2) is 0 Å². The zero-order valence-electron chi connectivity index (χ0n) is 9.69. The van der Waals surface area contributed by atoms with Gasteiger partial charge in [0, 0.05) is 24.2 Å². The summed E-state index contributed by atoms with van der Waals surface area (Å²) < 4.78 is 0. The summed E-state index contributed by atoms with van der Waals surface area (Å²) in [6.45, 7) is 6.82. The number of rotatable bonds is 3. The molecule has 1 aromatic carbocycles. The lowest BCUT2D eigenvalue weighted by Crippen LogP contribution is -2.35. The summed E-state index contributed by atoms with van der Waals surface area (Å²) in [6, 6.07) is 6.68. The first-order valence-corrected chi connectivity index (χ1v) is 4.87. The fourth-order valence-electron chi connectivity index (χ4n) is 1.15. The molecule has 4 nitrogen and oxygen atoms in total. The van der Waals surface area contributed by atoms with E-state index in [9.17, 15) is 10.1 Å². The van der Waals surface area contributed by atoms with Crippen molar-refractivity contribution in [2.75, 3.05) is 0 Å². The van der Waals surface area contributed by atoms with Gasteiger partial charge in [0.2, 0.25) is 0 Å². The predicted octanol–water partition coefficient (Wildman–Crippen LogP) is 2.90. The van der Waals surface area contributed by atoms with E-state index in [-0.39, 0.29) is 28.6 Å². The number of benzene rings is 1. The lowest BCUT2D eigenvalue weighted by Gasteiger charge is -2.20. The highest BCUT2D eigenvalue weighted by Crippen LogP contribution is 2.13. The first kappa shape index (κ1) is 14.9. The van der Waals surface area contributed by atoms with Gasteiger partial charge in [0.25, 0.3) is 5.69 Å². The molecule has 0 bridgehead atoms. The Kier molecular flexibility index (Phi) is 5.41. The predicted molar refractivity (Wildman–Crippen MR) is 66.9 cm³/mol. The Bertz CT molecular complexity index is 361. The molecule has 0 atom stereocenters. The van der Waals surface area contributed by atoms with Crippen LogP contribution < -0.4 is 5.32 Å². The standard InChI is InChI=1S/C11H16N2O2.ClH/c1-11(2,3)12-8-9-5-4-6-10(7-9)13(14)15;/h4-7,12H,8H2,1-3H3;1H. The first-order valence-electron chi connectivity index (χ1n) is 4.87. The molecule has 90 valence electrons. The quantitative estimate of drug-likeness (QED) is 0.657. The summed E-state index contributed by atoms with van der Waals surface area (Å²) in [4.78, 5) is 10.2. The van der Waals surface area contributed by atoms with Crippen molar-refractivity contribution < 1.29 is 4.92 Å². The molecule has 0 aromatic heterocycles. The molecule has 0 fully saturated rings. The summed E-state index contributed by atoms with van der Waals surface area (Å²) in [5.74, 6) is 0. The Morgan fingerprint density at radius 3 is 2.50 bits per heavy atom. The number of nitro groups is 1. The minimum Gasteiger partial charge on any atom is -0.308 e. The van der Waals surface area contributed by atoms with Crippen LogP contribution in [0.1, 0.15) is 26.3 Å². The van der Waals surface area contributed by atoms with Gasteiger partial charge in [0.1, 0.15) is 0 Å². The van der Waals surface area contributed by atoms with Crippen molar-refractivity contribution in [3.8, 4) is 0 Å². The topological polar surface area (TPSA) is 55.2 Å². The highest BCUT2D eigenvalue weighted by molar-refractivity contribution is 5.85. The number of nitrogens with zero attached hydrogens (tertiary/aromatic N) is 1. The van der Waals surface area contributed by atoms with Crippen LogP contribution in [0.5, 0.6) is 0 Å².